The second-order valence-electron chi connectivity index (χ2n) is 8.74. The molecule has 4 heteroatoms. The molecule has 2 rings (SSSR count). The van der Waals surface area contributed by atoms with E-state index in [1.807, 2.05) is 24.3 Å². The third-order valence-electron chi connectivity index (χ3n) is 5.90. The molecule has 2 aromatic rings. The van der Waals surface area contributed by atoms with E-state index in [1.165, 1.54) is 99.9 Å². The topological polar surface area (TPSA) is 40.5 Å². The molecule has 0 atom stereocenters. The van der Waals surface area contributed by atoms with Crippen molar-refractivity contribution in [1.29, 1.82) is 0 Å². The number of aryl methyl sites for hydroxylation is 2. The molecule has 2 N–H and O–H groups in total. The monoisotopic (exact) mass is 501 g/mol. The fourth-order valence-electron chi connectivity index (χ4n) is 3.95. The molecule has 0 aliphatic heterocycles. The number of phenolic OH excluding ortho intramolecular Hbond substituents is 2. The van der Waals surface area contributed by atoms with Crippen LogP contribution in [0, 0.1) is 0 Å². The van der Waals surface area contributed by atoms with Crippen LogP contribution in [0.1, 0.15) is 102 Å². The minimum atomic E-state index is 0. The van der Waals surface area contributed by atoms with Crippen LogP contribution < -0.4 is 0 Å². The molecule has 0 unspecified atom stereocenters. The van der Waals surface area contributed by atoms with E-state index >= 15 is 0 Å². The third kappa shape index (κ3) is 11.2. The van der Waals surface area contributed by atoms with E-state index in [4.69, 9.17) is 0 Å². The molecule has 181 valence electrons. The van der Waals surface area contributed by atoms with Gasteiger partial charge in [-0.15, -0.1) is 0 Å². The summed E-state index contributed by atoms with van der Waals surface area (Å²) >= 11 is 1.43. The first-order valence-corrected chi connectivity index (χ1v) is 13.3. The van der Waals surface area contributed by atoms with Crippen molar-refractivity contribution >= 4 is 11.8 Å². The first-order chi connectivity index (χ1) is 15.1. The minimum Gasteiger partial charge on any atom is -0.507 e. The maximum absolute atomic E-state index is 10.5. The van der Waals surface area contributed by atoms with Gasteiger partial charge in [0.15, 0.2) is 0 Å². The van der Waals surface area contributed by atoms with Crippen molar-refractivity contribution in [3.05, 3.63) is 47.5 Å². The van der Waals surface area contributed by atoms with Gasteiger partial charge in [-0.05, 0) is 61.1 Å². The molecule has 0 aliphatic carbocycles. The van der Waals surface area contributed by atoms with E-state index < -0.39 is 0 Å². The standard InChI is InChI=1S/C28H42O2S.Co/c1-3-5-7-9-11-13-15-23-17-19-27(25(29)21-23)31-28-20-18-24(22-26(28)30)16-14-12-10-8-6-4-2;/h17-22,29-30H,3-16H2,1-2H3;. The molecule has 1 radical (unpaired) electrons. The number of unbranched alkanes of at least 4 members (excludes halogenated alkanes) is 10. The van der Waals surface area contributed by atoms with Crippen LogP contribution in [-0.4, -0.2) is 10.2 Å². The summed E-state index contributed by atoms with van der Waals surface area (Å²) in [6, 6.07) is 12.0. The molecule has 32 heavy (non-hydrogen) atoms. The Labute approximate surface area is 210 Å². The Morgan fingerprint density at radius 1 is 0.562 bits per heavy atom. The molecule has 0 amide bonds. The quantitative estimate of drug-likeness (QED) is 0.225. The van der Waals surface area contributed by atoms with Crippen molar-refractivity contribution in [2.75, 3.05) is 0 Å². The first kappa shape index (κ1) is 28.9. The first-order valence-electron chi connectivity index (χ1n) is 12.5. The largest absolute Gasteiger partial charge is 0.507 e. The maximum Gasteiger partial charge on any atom is 0.129 e. The summed E-state index contributed by atoms with van der Waals surface area (Å²) in [4.78, 5) is 1.59. The number of hydrogen-bond acceptors (Lipinski definition) is 3. The predicted octanol–water partition coefficient (Wildman–Crippen LogP) is 9.05. The van der Waals surface area contributed by atoms with E-state index in [9.17, 15) is 10.2 Å². The molecule has 0 aromatic heterocycles. The van der Waals surface area contributed by atoms with Crippen molar-refractivity contribution in [3.63, 3.8) is 0 Å². The molecule has 2 nitrogen and oxygen atoms in total. The average molecular weight is 502 g/mol. The van der Waals surface area contributed by atoms with Crippen LogP contribution in [0.3, 0.4) is 0 Å². The Balaban J connectivity index is 0.00000512. The van der Waals surface area contributed by atoms with Crippen LogP contribution >= 0.6 is 11.8 Å². The van der Waals surface area contributed by atoms with Crippen molar-refractivity contribution < 1.29 is 27.0 Å². The summed E-state index contributed by atoms with van der Waals surface area (Å²) in [6.45, 7) is 4.49. The summed E-state index contributed by atoms with van der Waals surface area (Å²) in [5.74, 6) is 0.619. The van der Waals surface area contributed by atoms with E-state index in [2.05, 4.69) is 26.0 Å². The van der Waals surface area contributed by atoms with Gasteiger partial charge in [0.2, 0.25) is 0 Å². The number of phenols is 2. The molecule has 0 fully saturated rings. The molecule has 2 aromatic carbocycles. The van der Waals surface area contributed by atoms with Gasteiger partial charge >= 0.3 is 0 Å². The minimum absolute atomic E-state index is 0. The molecular formula is C28H42CoO2S. The zero-order valence-corrected chi connectivity index (χ0v) is 21.9. The predicted molar refractivity (Wildman–Crippen MR) is 134 cm³/mol. The van der Waals surface area contributed by atoms with Gasteiger partial charge in [-0.2, -0.15) is 0 Å². The fourth-order valence-corrected chi connectivity index (χ4v) is 4.78. The summed E-state index contributed by atoms with van der Waals surface area (Å²) in [6.07, 6.45) is 17.4. The zero-order valence-electron chi connectivity index (χ0n) is 20.0. The SMILES string of the molecule is CCCCCCCCc1ccc(Sc2ccc(CCCCCCCC)cc2O)c(O)c1.[Co]. The Hall–Kier alpha value is -1.10. The molecule has 0 bridgehead atoms. The Morgan fingerprint density at radius 3 is 1.31 bits per heavy atom. The summed E-state index contributed by atoms with van der Waals surface area (Å²) in [5.41, 5.74) is 2.38. The van der Waals surface area contributed by atoms with Gasteiger partial charge in [0.05, 0.1) is 9.79 Å². The van der Waals surface area contributed by atoms with Crippen LogP contribution in [0.25, 0.3) is 0 Å². The maximum atomic E-state index is 10.5. The second kappa shape index (κ2) is 17.4. The Morgan fingerprint density at radius 2 is 0.938 bits per heavy atom. The molecule has 0 aliphatic rings. The van der Waals surface area contributed by atoms with Gasteiger partial charge in [0.25, 0.3) is 0 Å². The van der Waals surface area contributed by atoms with Crippen molar-refractivity contribution in [2.45, 2.75) is 114 Å². The number of hydrogen-bond donors (Lipinski definition) is 2. The molecule has 0 spiro atoms. The van der Waals surface area contributed by atoms with E-state index in [-0.39, 0.29) is 16.8 Å². The molecule has 0 saturated carbocycles. The average Bonchev–Trinajstić information content (AvgIpc) is 2.76. The third-order valence-corrected chi connectivity index (χ3v) is 7.03. The number of rotatable bonds is 16. The Kier molecular flexibility index (Phi) is 15.7. The summed E-state index contributed by atoms with van der Waals surface area (Å²) < 4.78 is 0. The molecular weight excluding hydrogens is 459 g/mol. The van der Waals surface area contributed by atoms with E-state index in [0.29, 0.717) is 11.5 Å². The number of benzene rings is 2. The Bertz CT molecular complexity index is 700. The van der Waals surface area contributed by atoms with Gasteiger partial charge in [0.1, 0.15) is 11.5 Å². The summed E-state index contributed by atoms with van der Waals surface area (Å²) in [5, 5.41) is 20.9. The van der Waals surface area contributed by atoms with E-state index in [1.54, 1.807) is 0 Å². The van der Waals surface area contributed by atoms with Gasteiger partial charge in [-0.3, -0.25) is 0 Å². The summed E-state index contributed by atoms with van der Waals surface area (Å²) in [7, 11) is 0. The molecule has 0 saturated heterocycles. The fraction of sp³-hybridized carbons (Fsp3) is 0.571. The van der Waals surface area contributed by atoms with Gasteiger partial charge in [-0.25, -0.2) is 0 Å². The van der Waals surface area contributed by atoms with Crippen LogP contribution in [0.15, 0.2) is 46.2 Å². The normalized spacial score (nSPS) is 10.8. The second-order valence-corrected chi connectivity index (χ2v) is 9.83. The van der Waals surface area contributed by atoms with Gasteiger partial charge in [-0.1, -0.05) is 102 Å². The van der Waals surface area contributed by atoms with Crippen LogP contribution in [0.5, 0.6) is 11.5 Å². The van der Waals surface area contributed by atoms with Crippen molar-refractivity contribution in [2.24, 2.45) is 0 Å². The van der Waals surface area contributed by atoms with Crippen molar-refractivity contribution in [1.82, 2.24) is 0 Å². The van der Waals surface area contributed by atoms with Crippen LogP contribution in [-0.2, 0) is 29.6 Å². The van der Waals surface area contributed by atoms with Gasteiger partial charge in [0, 0.05) is 16.8 Å². The van der Waals surface area contributed by atoms with Crippen LogP contribution in [0.4, 0.5) is 0 Å². The number of aromatic hydroxyl groups is 2. The molecule has 0 heterocycles. The van der Waals surface area contributed by atoms with Gasteiger partial charge < -0.3 is 10.2 Å². The van der Waals surface area contributed by atoms with Crippen LogP contribution in [0.2, 0.25) is 0 Å². The van der Waals surface area contributed by atoms with Crippen molar-refractivity contribution in [3.8, 4) is 11.5 Å². The smallest absolute Gasteiger partial charge is 0.129 e. The van der Waals surface area contributed by atoms with E-state index in [0.717, 1.165) is 22.6 Å². The zero-order chi connectivity index (χ0) is 22.3.